The molecule has 0 saturated carbocycles. The molecule has 0 bridgehead atoms. The Hall–Kier alpha value is -2.55. The van der Waals surface area contributed by atoms with Crippen LogP contribution in [0, 0.1) is 29.6 Å². The molecule has 5 saturated heterocycles. The first kappa shape index (κ1) is 65.5. The van der Waals surface area contributed by atoms with Crippen molar-refractivity contribution in [3.8, 4) is 0 Å². The number of carbonyl (C=O) groups is 10. The van der Waals surface area contributed by atoms with Gasteiger partial charge in [-0.2, -0.15) is 63.1 Å². The molecule has 15 nitrogen and oxygen atoms in total. The Morgan fingerprint density at radius 1 is 0.314 bits per heavy atom. The summed E-state index contributed by atoms with van der Waals surface area (Å²) in [5.74, 6) is 3.12. The number of likely N-dealkylation sites (tertiary alicyclic amines) is 5. The standard InChI is InChI=1S/5C10H17NO2S/c5*1-7(6-14)10(13)11-5-3-4-9(11)8(2)12/h5*7,9,14H,3-6H2,1-2H3/t2*7-,9+;2*7-,9-;/m1010./s1. The molecular formula is C50H85N5O10S5. The van der Waals surface area contributed by atoms with Crippen molar-refractivity contribution in [2.45, 2.75) is 164 Å². The average Bonchev–Trinajstić information content (AvgIpc) is 4.21. The lowest BCUT2D eigenvalue weighted by Crippen LogP contribution is -2.42. The highest BCUT2D eigenvalue weighted by Crippen LogP contribution is 2.25. The molecule has 5 aliphatic heterocycles. The van der Waals surface area contributed by atoms with Gasteiger partial charge in [0.2, 0.25) is 29.5 Å². The van der Waals surface area contributed by atoms with Gasteiger partial charge in [0, 0.05) is 91.1 Å². The van der Waals surface area contributed by atoms with Crippen LogP contribution in [0.3, 0.4) is 0 Å². The van der Waals surface area contributed by atoms with Gasteiger partial charge >= 0.3 is 0 Å². The first-order valence-electron chi connectivity index (χ1n) is 25.0. The topological polar surface area (TPSA) is 187 Å². The van der Waals surface area contributed by atoms with Gasteiger partial charge in [-0.05, 0) is 98.8 Å². The van der Waals surface area contributed by atoms with E-state index in [1.165, 1.54) is 0 Å². The SMILES string of the molecule is CC(=O)C1CCCN1C(=O)C(C)CS.CC(=O)[C@@H]1CCCN1C(=O)[C@@H](C)CS.CC(=O)[C@@H]1CCCN1C(=O)[C@H](C)CS.CC(=O)[C@H]1CCCN1C(=O)[C@@H](C)CS.CC(=O)[C@H]1CCCN1C(=O)[C@H](C)CS. The van der Waals surface area contributed by atoms with Gasteiger partial charge < -0.3 is 24.5 Å². The van der Waals surface area contributed by atoms with E-state index in [2.05, 4.69) is 63.1 Å². The highest BCUT2D eigenvalue weighted by Gasteiger charge is 2.37. The van der Waals surface area contributed by atoms with E-state index in [4.69, 9.17) is 0 Å². The van der Waals surface area contributed by atoms with Crippen molar-refractivity contribution in [3.05, 3.63) is 0 Å². The Kier molecular flexibility index (Phi) is 31.1. The zero-order chi connectivity index (χ0) is 53.6. The lowest BCUT2D eigenvalue weighted by molar-refractivity contribution is -0.139. The number of amides is 5. The van der Waals surface area contributed by atoms with E-state index in [9.17, 15) is 47.9 Å². The van der Waals surface area contributed by atoms with Crippen LogP contribution in [0.2, 0.25) is 0 Å². The number of carbonyl (C=O) groups excluding carboxylic acids is 10. The molecule has 0 N–H and O–H groups in total. The molecule has 70 heavy (non-hydrogen) atoms. The first-order valence-corrected chi connectivity index (χ1v) is 28.1. The van der Waals surface area contributed by atoms with E-state index in [0.29, 0.717) is 28.8 Å². The van der Waals surface area contributed by atoms with Gasteiger partial charge in [0.25, 0.3) is 0 Å². The fraction of sp³-hybridized carbons (Fsp3) is 0.800. The lowest BCUT2D eigenvalue weighted by atomic mass is 10.1. The van der Waals surface area contributed by atoms with Crippen LogP contribution in [0.15, 0.2) is 0 Å². The number of ketones is 5. The molecule has 400 valence electrons. The molecule has 0 aromatic carbocycles. The van der Waals surface area contributed by atoms with Crippen molar-refractivity contribution in [2.75, 3.05) is 61.5 Å². The molecule has 5 heterocycles. The van der Waals surface area contributed by atoms with Gasteiger partial charge in [-0.25, -0.2) is 0 Å². The van der Waals surface area contributed by atoms with E-state index < -0.39 is 0 Å². The van der Waals surface area contributed by atoms with Crippen LogP contribution >= 0.6 is 63.1 Å². The van der Waals surface area contributed by atoms with Crippen LogP contribution in [-0.2, 0) is 47.9 Å². The smallest absolute Gasteiger partial charge is 0.226 e. The minimum Gasteiger partial charge on any atom is -0.332 e. The zero-order valence-corrected chi connectivity index (χ0v) is 47.9. The second-order valence-corrected chi connectivity index (χ2v) is 21.2. The number of nitrogens with zero attached hydrogens (tertiary/aromatic N) is 5. The molecule has 0 aromatic rings. The largest absolute Gasteiger partial charge is 0.332 e. The summed E-state index contributed by atoms with van der Waals surface area (Å²) < 4.78 is 0. The Balaban J connectivity index is 0.000000437. The van der Waals surface area contributed by atoms with Crippen LogP contribution in [0.4, 0.5) is 0 Å². The Bertz CT molecular complexity index is 1500. The van der Waals surface area contributed by atoms with E-state index in [-0.39, 0.29) is 118 Å². The fourth-order valence-corrected chi connectivity index (χ4v) is 9.85. The molecule has 5 rings (SSSR count). The summed E-state index contributed by atoms with van der Waals surface area (Å²) in [7, 11) is 0. The molecule has 0 aliphatic carbocycles. The third kappa shape index (κ3) is 19.7. The highest BCUT2D eigenvalue weighted by molar-refractivity contribution is 7.80. The molecule has 0 aromatic heterocycles. The van der Waals surface area contributed by atoms with Gasteiger partial charge in [0.15, 0.2) is 28.9 Å². The normalized spacial score (nSPS) is 23.6. The monoisotopic (exact) mass is 1080 g/mol. The Morgan fingerprint density at radius 3 is 0.543 bits per heavy atom. The summed E-state index contributed by atoms with van der Waals surface area (Å²) in [6, 6.07) is -0.880. The fourth-order valence-electron chi connectivity index (χ4n) is 9.07. The van der Waals surface area contributed by atoms with E-state index in [0.717, 1.165) is 96.9 Å². The maximum atomic E-state index is 11.8. The molecule has 5 aliphatic rings. The van der Waals surface area contributed by atoms with E-state index >= 15 is 0 Å². The molecule has 5 amide bonds. The van der Waals surface area contributed by atoms with Crippen molar-refractivity contribution >= 4 is 122 Å². The minimum absolute atomic E-state index is 0.0673. The van der Waals surface area contributed by atoms with Crippen molar-refractivity contribution in [1.82, 2.24) is 24.5 Å². The third-order valence-corrected chi connectivity index (χ3v) is 16.2. The number of thiol groups is 5. The molecule has 0 spiro atoms. The third-order valence-electron chi connectivity index (χ3n) is 13.5. The zero-order valence-electron chi connectivity index (χ0n) is 43.5. The second-order valence-electron chi connectivity index (χ2n) is 19.4. The Labute approximate surface area is 446 Å². The molecule has 2 unspecified atom stereocenters. The van der Waals surface area contributed by atoms with E-state index in [1.54, 1.807) is 59.1 Å². The van der Waals surface area contributed by atoms with Crippen LogP contribution in [0.1, 0.15) is 133 Å². The number of hydrogen-bond donors (Lipinski definition) is 5. The molecule has 10 atom stereocenters. The van der Waals surface area contributed by atoms with Crippen molar-refractivity contribution in [1.29, 1.82) is 0 Å². The Morgan fingerprint density at radius 2 is 0.443 bits per heavy atom. The maximum Gasteiger partial charge on any atom is 0.226 e. The van der Waals surface area contributed by atoms with Crippen molar-refractivity contribution in [3.63, 3.8) is 0 Å². The number of Topliss-reactive ketones (excluding diaryl/α,β-unsaturated/α-hetero) is 5. The van der Waals surface area contributed by atoms with Gasteiger partial charge in [-0.15, -0.1) is 0 Å². The highest BCUT2D eigenvalue weighted by atomic mass is 32.1. The van der Waals surface area contributed by atoms with E-state index in [1.807, 2.05) is 34.6 Å². The number of hydrogen-bond acceptors (Lipinski definition) is 15. The van der Waals surface area contributed by atoms with Crippen LogP contribution < -0.4 is 0 Å². The van der Waals surface area contributed by atoms with Crippen molar-refractivity contribution < 1.29 is 47.9 Å². The van der Waals surface area contributed by atoms with Gasteiger partial charge in [-0.1, -0.05) is 34.6 Å². The molecule has 0 radical (unpaired) electrons. The predicted octanol–water partition coefficient (Wildman–Crippen LogP) is 5.66. The lowest BCUT2D eigenvalue weighted by Gasteiger charge is -2.25. The second kappa shape index (κ2) is 33.3. The predicted molar refractivity (Wildman–Crippen MR) is 292 cm³/mol. The number of rotatable bonds is 15. The van der Waals surface area contributed by atoms with Crippen LogP contribution in [0.5, 0.6) is 0 Å². The first-order chi connectivity index (χ1) is 32.9. The van der Waals surface area contributed by atoms with Gasteiger partial charge in [0.05, 0.1) is 30.2 Å². The summed E-state index contributed by atoms with van der Waals surface area (Å²) in [6.07, 6.45) is 8.80. The van der Waals surface area contributed by atoms with Crippen molar-refractivity contribution in [2.24, 2.45) is 29.6 Å². The quantitative estimate of drug-likeness (QED) is 0.128. The molecule has 5 fully saturated rings. The summed E-state index contributed by atoms with van der Waals surface area (Å²) >= 11 is 20.5. The van der Waals surface area contributed by atoms with Crippen LogP contribution in [-0.4, -0.2) is 175 Å². The van der Waals surface area contributed by atoms with Crippen LogP contribution in [0.25, 0.3) is 0 Å². The summed E-state index contributed by atoms with van der Waals surface area (Å²) in [6.45, 7) is 20.7. The average molecular weight is 1080 g/mol. The summed E-state index contributed by atoms with van der Waals surface area (Å²) in [5.41, 5.74) is 0. The van der Waals surface area contributed by atoms with Gasteiger partial charge in [-0.3, -0.25) is 47.9 Å². The maximum absolute atomic E-state index is 11.8. The summed E-state index contributed by atoms with van der Waals surface area (Å²) in [5, 5.41) is 0. The summed E-state index contributed by atoms with van der Waals surface area (Å²) in [4.78, 5) is 124. The molecular weight excluding hydrogens is 991 g/mol. The molecule has 20 heteroatoms. The minimum atomic E-state index is -0.176. The van der Waals surface area contributed by atoms with Gasteiger partial charge in [0.1, 0.15) is 0 Å².